The number of ether oxygens (including phenoxy) is 1. The van der Waals surface area contributed by atoms with E-state index in [1.165, 1.54) is 5.56 Å². The number of aromatic nitrogens is 4. The van der Waals surface area contributed by atoms with Gasteiger partial charge in [-0.15, -0.1) is 0 Å². The number of hydrogen-bond donors (Lipinski definition) is 0. The molecule has 1 aliphatic heterocycles. The van der Waals surface area contributed by atoms with Crippen molar-refractivity contribution >= 4 is 0 Å². The van der Waals surface area contributed by atoms with Gasteiger partial charge in [-0.05, 0) is 12.0 Å². The van der Waals surface area contributed by atoms with Gasteiger partial charge in [-0.2, -0.15) is 4.98 Å². The van der Waals surface area contributed by atoms with Crippen molar-refractivity contribution in [2.75, 3.05) is 20.3 Å². The molecule has 0 saturated carbocycles. The van der Waals surface area contributed by atoms with Crippen molar-refractivity contribution in [2.24, 2.45) is 0 Å². The van der Waals surface area contributed by atoms with Crippen LogP contribution in [0.3, 0.4) is 0 Å². The lowest BCUT2D eigenvalue weighted by Gasteiger charge is -2.26. The molecule has 118 valence electrons. The predicted molar refractivity (Wildman–Crippen MR) is 79.1 cm³/mol. The molecule has 2 aromatic heterocycles. The third kappa shape index (κ3) is 3.48. The van der Waals surface area contributed by atoms with Crippen LogP contribution in [0.15, 0.2) is 10.7 Å². The molecule has 22 heavy (non-hydrogen) atoms. The number of fused-ring (bicyclic) bond motifs is 1. The highest BCUT2D eigenvalue weighted by atomic mass is 16.5. The fourth-order valence-electron chi connectivity index (χ4n) is 2.54. The fraction of sp³-hybridized carbons (Fsp3) is 0.600. The molecule has 0 unspecified atom stereocenters. The summed E-state index contributed by atoms with van der Waals surface area (Å²) in [5.41, 5.74) is 2.37. The molecule has 2 aromatic rings. The van der Waals surface area contributed by atoms with Gasteiger partial charge in [-0.25, -0.2) is 9.97 Å². The van der Waals surface area contributed by atoms with Crippen LogP contribution < -0.4 is 0 Å². The van der Waals surface area contributed by atoms with Gasteiger partial charge in [0.05, 0.1) is 18.8 Å². The number of nitrogens with zero attached hydrogens (tertiary/aromatic N) is 5. The van der Waals surface area contributed by atoms with Gasteiger partial charge in [0.1, 0.15) is 5.82 Å². The first-order valence-corrected chi connectivity index (χ1v) is 7.65. The SMILES string of the molecule is CCc1ncc2c(n1)CN(Cc1nc(CCOC)no1)CC2. The second kappa shape index (κ2) is 6.93. The van der Waals surface area contributed by atoms with Gasteiger partial charge in [0.15, 0.2) is 5.82 Å². The molecule has 7 nitrogen and oxygen atoms in total. The summed E-state index contributed by atoms with van der Waals surface area (Å²) >= 11 is 0. The first-order chi connectivity index (χ1) is 10.8. The number of aryl methyl sites for hydroxylation is 1. The molecule has 7 heteroatoms. The van der Waals surface area contributed by atoms with Gasteiger partial charge in [-0.1, -0.05) is 12.1 Å². The summed E-state index contributed by atoms with van der Waals surface area (Å²) in [5.74, 6) is 2.25. The molecule has 1 aliphatic rings. The molecule has 0 spiro atoms. The molecule has 0 aromatic carbocycles. The van der Waals surface area contributed by atoms with Crippen LogP contribution in [0.25, 0.3) is 0 Å². The second-order valence-electron chi connectivity index (χ2n) is 5.42. The van der Waals surface area contributed by atoms with E-state index in [4.69, 9.17) is 9.26 Å². The molecule has 3 heterocycles. The van der Waals surface area contributed by atoms with Gasteiger partial charge >= 0.3 is 0 Å². The molecular weight excluding hydrogens is 282 g/mol. The van der Waals surface area contributed by atoms with E-state index in [0.717, 1.165) is 37.4 Å². The maximum atomic E-state index is 5.31. The van der Waals surface area contributed by atoms with Crippen LogP contribution in [0.2, 0.25) is 0 Å². The van der Waals surface area contributed by atoms with Crippen molar-refractivity contribution in [1.29, 1.82) is 0 Å². The minimum absolute atomic E-state index is 0.604. The van der Waals surface area contributed by atoms with Crippen molar-refractivity contribution in [3.05, 3.63) is 35.0 Å². The van der Waals surface area contributed by atoms with Crippen molar-refractivity contribution in [2.45, 2.75) is 39.3 Å². The average molecular weight is 303 g/mol. The maximum absolute atomic E-state index is 5.31. The molecule has 0 N–H and O–H groups in total. The molecule has 0 fully saturated rings. The summed E-state index contributed by atoms with van der Waals surface area (Å²) in [6, 6.07) is 0. The van der Waals surface area contributed by atoms with E-state index in [-0.39, 0.29) is 0 Å². The molecule has 0 aliphatic carbocycles. The topological polar surface area (TPSA) is 77.2 Å². The highest BCUT2D eigenvalue weighted by Crippen LogP contribution is 2.18. The second-order valence-corrected chi connectivity index (χ2v) is 5.42. The molecule has 0 bridgehead atoms. The van der Waals surface area contributed by atoms with Crippen LogP contribution in [0, 0.1) is 0 Å². The minimum Gasteiger partial charge on any atom is -0.384 e. The summed E-state index contributed by atoms with van der Waals surface area (Å²) in [6.07, 6.45) is 4.47. The molecule has 0 amide bonds. The zero-order valence-electron chi connectivity index (χ0n) is 13.1. The number of rotatable bonds is 6. The summed E-state index contributed by atoms with van der Waals surface area (Å²) < 4.78 is 10.3. The first-order valence-electron chi connectivity index (χ1n) is 7.65. The Labute approximate surface area is 129 Å². The van der Waals surface area contributed by atoms with Crippen molar-refractivity contribution in [3.63, 3.8) is 0 Å². The Hall–Kier alpha value is -1.86. The lowest BCUT2D eigenvalue weighted by molar-refractivity contribution is 0.198. The van der Waals surface area contributed by atoms with Gasteiger partial charge in [-0.3, -0.25) is 4.90 Å². The minimum atomic E-state index is 0.604. The van der Waals surface area contributed by atoms with E-state index in [1.54, 1.807) is 7.11 Å². The number of methoxy groups -OCH3 is 1. The summed E-state index contributed by atoms with van der Waals surface area (Å²) in [4.78, 5) is 15.7. The summed E-state index contributed by atoms with van der Waals surface area (Å²) in [7, 11) is 1.67. The third-order valence-electron chi connectivity index (χ3n) is 3.79. The van der Waals surface area contributed by atoms with Crippen LogP contribution in [-0.2, 0) is 37.1 Å². The smallest absolute Gasteiger partial charge is 0.240 e. The Morgan fingerprint density at radius 1 is 1.32 bits per heavy atom. The quantitative estimate of drug-likeness (QED) is 0.792. The van der Waals surface area contributed by atoms with Crippen LogP contribution in [-0.4, -0.2) is 45.3 Å². The van der Waals surface area contributed by atoms with E-state index in [0.29, 0.717) is 31.3 Å². The monoisotopic (exact) mass is 303 g/mol. The van der Waals surface area contributed by atoms with E-state index < -0.39 is 0 Å². The van der Waals surface area contributed by atoms with Crippen molar-refractivity contribution in [1.82, 2.24) is 25.0 Å². The normalized spacial score (nSPS) is 15.0. The Bertz CT molecular complexity index is 628. The zero-order valence-corrected chi connectivity index (χ0v) is 13.1. The molecule has 0 saturated heterocycles. The van der Waals surface area contributed by atoms with Gasteiger partial charge in [0, 0.05) is 39.2 Å². The Morgan fingerprint density at radius 3 is 3.05 bits per heavy atom. The van der Waals surface area contributed by atoms with E-state index in [2.05, 4.69) is 31.9 Å². The largest absolute Gasteiger partial charge is 0.384 e. The predicted octanol–water partition coefficient (Wildman–Crippen LogP) is 1.17. The zero-order chi connectivity index (χ0) is 15.4. The lowest BCUT2D eigenvalue weighted by atomic mass is 10.1. The standard InChI is InChI=1S/C15H21N5O2/c1-3-13-16-8-11-4-6-20(9-12(11)17-13)10-15-18-14(19-22-15)5-7-21-2/h8H,3-7,9-10H2,1-2H3. The summed E-state index contributed by atoms with van der Waals surface area (Å²) in [5, 5.41) is 3.97. The van der Waals surface area contributed by atoms with Gasteiger partial charge < -0.3 is 9.26 Å². The van der Waals surface area contributed by atoms with Crippen LogP contribution in [0.4, 0.5) is 0 Å². The lowest BCUT2D eigenvalue weighted by Crippen LogP contribution is -2.31. The highest BCUT2D eigenvalue weighted by Gasteiger charge is 2.20. The number of hydrogen-bond acceptors (Lipinski definition) is 7. The molecule has 3 rings (SSSR count). The van der Waals surface area contributed by atoms with E-state index in [9.17, 15) is 0 Å². The van der Waals surface area contributed by atoms with Crippen molar-refractivity contribution in [3.8, 4) is 0 Å². The highest BCUT2D eigenvalue weighted by molar-refractivity contribution is 5.20. The molecule has 0 radical (unpaired) electrons. The fourth-order valence-corrected chi connectivity index (χ4v) is 2.54. The first kappa shape index (κ1) is 15.1. The Morgan fingerprint density at radius 2 is 2.23 bits per heavy atom. The van der Waals surface area contributed by atoms with Crippen LogP contribution in [0.1, 0.15) is 35.7 Å². The molecular formula is C15H21N5O2. The van der Waals surface area contributed by atoms with E-state index >= 15 is 0 Å². The maximum Gasteiger partial charge on any atom is 0.240 e. The average Bonchev–Trinajstić information content (AvgIpc) is 2.99. The molecule has 0 atom stereocenters. The Balaban J connectivity index is 1.63. The van der Waals surface area contributed by atoms with Gasteiger partial charge in [0.25, 0.3) is 0 Å². The van der Waals surface area contributed by atoms with Gasteiger partial charge in [0.2, 0.25) is 5.89 Å². The summed E-state index contributed by atoms with van der Waals surface area (Å²) in [6.45, 7) is 5.10. The van der Waals surface area contributed by atoms with Crippen molar-refractivity contribution < 1.29 is 9.26 Å². The van der Waals surface area contributed by atoms with Crippen LogP contribution in [0.5, 0.6) is 0 Å². The third-order valence-corrected chi connectivity index (χ3v) is 3.79. The van der Waals surface area contributed by atoms with Crippen LogP contribution >= 0.6 is 0 Å². The van der Waals surface area contributed by atoms with E-state index in [1.807, 2.05) is 6.20 Å². The Kier molecular flexibility index (Phi) is 4.74.